The second kappa shape index (κ2) is 10.8. The fraction of sp³-hybridized carbons (Fsp3) is 0.370. The summed E-state index contributed by atoms with van der Waals surface area (Å²) >= 11 is 7.25. The Morgan fingerprint density at radius 3 is 2.00 bits per heavy atom. The highest BCUT2D eigenvalue weighted by Gasteiger charge is 2.67. The van der Waals surface area contributed by atoms with Crippen LogP contribution in [0.5, 0.6) is 5.75 Å². The first-order valence-electron chi connectivity index (χ1n) is 12.4. The number of imide groups is 1. The quantitative estimate of drug-likeness (QED) is 0.0775. The molecule has 0 radical (unpaired) electrons. The molecule has 0 spiro atoms. The van der Waals surface area contributed by atoms with Crippen molar-refractivity contribution < 1.29 is 38.4 Å². The number of carbonyl (C=O) groups is 5. The number of alkyl halides is 2. The minimum atomic E-state index is -1.17. The lowest BCUT2D eigenvalue weighted by Gasteiger charge is -2.28. The minimum absolute atomic E-state index is 0.0157. The van der Waals surface area contributed by atoms with Gasteiger partial charge in [0.05, 0.1) is 22.3 Å². The Bertz CT molecular complexity index is 1380. The maximum absolute atomic E-state index is 13.1. The van der Waals surface area contributed by atoms with Crippen molar-refractivity contribution in [3.8, 4) is 5.75 Å². The van der Waals surface area contributed by atoms with E-state index in [9.17, 15) is 34.1 Å². The van der Waals surface area contributed by atoms with Crippen LogP contribution in [0.15, 0.2) is 48.5 Å². The summed E-state index contributed by atoms with van der Waals surface area (Å²) in [5.41, 5.74) is 0.127. The van der Waals surface area contributed by atoms with Gasteiger partial charge >= 0.3 is 11.9 Å². The van der Waals surface area contributed by atoms with Crippen LogP contribution in [0.2, 0.25) is 0 Å². The van der Waals surface area contributed by atoms with Crippen molar-refractivity contribution in [2.45, 2.75) is 29.0 Å². The average Bonchev–Trinajstić information content (AvgIpc) is 3.56. The minimum Gasteiger partial charge on any atom is -0.456 e. The summed E-state index contributed by atoms with van der Waals surface area (Å²) in [4.78, 5) is 75.1. The largest absolute Gasteiger partial charge is 0.456 e. The van der Waals surface area contributed by atoms with Crippen LogP contribution in [0.4, 0.5) is 5.69 Å². The number of ether oxygens (including phenoxy) is 2. The number of Topliss-reactive ketones (excluding diaryl/α,β-unsaturated/α-hetero) is 1. The monoisotopic (exact) mass is 676 g/mol. The van der Waals surface area contributed by atoms with Crippen molar-refractivity contribution in [1.29, 1.82) is 0 Å². The molecule has 208 valence electrons. The number of halogens is 2. The number of non-ortho nitro benzene ring substituents is 1. The number of fused-ring (bicyclic) bond motifs is 5. The number of likely N-dealkylation sites (tertiary alicyclic amines) is 1. The van der Waals surface area contributed by atoms with E-state index in [0.717, 1.165) is 11.3 Å². The molecule has 0 aromatic heterocycles. The van der Waals surface area contributed by atoms with Gasteiger partial charge < -0.3 is 9.47 Å². The molecule has 2 bridgehead atoms. The Morgan fingerprint density at radius 2 is 1.48 bits per heavy atom. The van der Waals surface area contributed by atoms with Crippen LogP contribution in [0, 0.1) is 33.8 Å². The number of ketones is 1. The summed E-state index contributed by atoms with van der Waals surface area (Å²) in [7, 11) is 0. The molecule has 3 aliphatic rings. The number of carbonyl (C=O) groups excluding carboxylic acids is 5. The van der Waals surface area contributed by atoms with Gasteiger partial charge in [0.15, 0.2) is 12.4 Å². The fourth-order valence-electron chi connectivity index (χ4n) is 5.79. The van der Waals surface area contributed by atoms with Gasteiger partial charge in [-0.25, -0.2) is 9.59 Å². The van der Waals surface area contributed by atoms with E-state index >= 15 is 0 Å². The Kier molecular flexibility index (Phi) is 7.62. The second-order valence-electron chi connectivity index (χ2n) is 9.98. The first kappa shape index (κ1) is 28.1. The topological polar surface area (TPSA) is 150 Å². The summed E-state index contributed by atoms with van der Waals surface area (Å²) in [5, 5.41) is 10.7. The zero-order valence-corrected chi connectivity index (χ0v) is 24.1. The number of rotatable bonds is 8. The summed E-state index contributed by atoms with van der Waals surface area (Å²) in [6.07, 6.45) is 0.773. The number of benzene rings is 2. The maximum atomic E-state index is 13.1. The van der Waals surface area contributed by atoms with Gasteiger partial charge in [0.1, 0.15) is 11.8 Å². The van der Waals surface area contributed by atoms with Crippen LogP contribution < -0.4 is 4.74 Å². The van der Waals surface area contributed by atoms with Crippen molar-refractivity contribution in [3.05, 3.63) is 69.8 Å². The molecule has 13 heteroatoms. The Labute approximate surface area is 244 Å². The molecule has 7 atom stereocenters. The van der Waals surface area contributed by atoms with Crippen LogP contribution in [0.1, 0.15) is 34.1 Å². The number of nitrogens with zero attached hydrogens (tertiary/aromatic N) is 2. The van der Waals surface area contributed by atoms with E-state index in [1.165, 1.54) is 55.5 Å². The predicted octanol–water partition coefficient (Wildman–Crippen LogP) is 3.71. The van der Waals surface area contributed by atoms with Gasteiger partial charge in [-0.05, 0) is 61.6 Å². The van der Waals surface area contributed by atoms with Gasteiger partial charge in [-0.1, -0.05) is 31.9 Å². The molecule has 2 aromatic rings. The summed E-state index contributed by atoms with van der Waals surface area (Å²) in [5.74, 6) is -3.63. The molecular weight excluding hydrogens is 656 g/mol. The number of amides is 2. The highest BCUT2D eigenvalue weighted by atomic mass is 79.9. The van der Waals surface area contributed by atoms with Crippen molar-refractivity contribution in [2.24, 2.45) is 23.7 Å². The molecule has 2 aromatic carbocycles. The Hall–Kier alpha value is -3.45. The number of esters is 2. The lowest BCUT2D eigenvalue weighted by molar-refractivity contribution is -0.384. The average molecular weight is 678 g/mol. The van der Waals surface area contributed by atoms with E-state index in [2.05, 4.69) is 31.9 Å². The van der Waals surface area contributed by atoms with Crippen LogP contribution in [0.3, 0.4) is 0 Å². The van der Waals surface area contributed by atoms with Crippen LogP contribution >= 0.6 is 31.9 Å². The van der Waals surface area contributed by atoms with Crippen LogP contribution in [-0.2, 0) is 19.1 Å². The summed E-state index contributed by atoms with van der Waals surface area (Å²) < 4.78 is 10.4. The zero-order chi connectivity index (χ0) is 28.9. The molecule has 1 aliphatic heterocycles. The highest BCUT2D eigenvalue weighted by molar-refractivity contribution is 9.12. The SMILES string of the molecule is CC(C(=O)OCC(=O)c1ccc(OC(=O)c2ccc([N+](=O)[O-])cc2)cc1)N1C(=O)C2C3CC(C(Br)C3Br)C2C1=O. The molecule has 0 N–H and O–H groups in total. The smallest absolute Gasteiger partial charge is 0.343 e. The first-order chi connectivity index (χ1) is 19.0. The van der Waals surface area contributed by atoms with Crippen LogP contribution in [-0.4, -0.2) is 61.7 Å². The maximum Gasteiger partial charge on any atom is 0.343 e. The third kappa shape index (κ3) is 4.85. The van der Waals surface area contributed by atoms with Crippen molar-refractivity contribution in [1.82, 2.24) is 4.90 Å². The molecule has 11 nitrogen and oxygen atoms in total. The number of hydrogen-bond acceptors (Lipinski definition) is 9. The molecule has 1 heterocycles. The van der Waals surface area contributed by atoms with Crippen molar-refractivity contribution in [2.75, 3.05) is 6.61 Å². The summed E-state index contributed by atoms with van der Waals surface area (Å²) in [6, 6.07) is 9.27. The van der Waals surface area contributed by atoms with E-state index < -0.39 is 47.1 Å². The predicted molar refractivity (Wildman–Crippen MR) is 145 cm³/mol. The van der Waals surface area contributed by atoms with Gasteiger partial charge in [0.2, 0.25) is 11.8 Å². The standard InChI is InChI=1S/C27H22Br2N2O9/c1-12(30-24(33)20-17-10-18(21(20)25(30)34)23(29)22(17)28)26(35)39-11-19(32)13-4-8-16(9-5-13)40-27(36)14-2-6-15(7-3-14)31(37)38/h2-9,12,17-18,20-23H,10-11H2,1H3. The van der Waals surface area contributed by atoms with Crippen molar-refractivity contribution >= 4 is 67.1 Å². The van der Waals surface area contributed by atoms with Gasteiger partial charge in [-0.3, -0.25) is 29.4 Å². The normalized spacial score (nSPS) is 27.3. The molecule has 7 unspecified atom stereocenters. The Morgan fingerprint density at radius 1 is 0.950 bits per heavy atom. The molecule has 40 heavy (non-hydrogen) atoms. The van der Waals surface area contributed by atoms with E-state index in [-0.39, 0.29) is 55.9 Å². The first-order valence-corrected chi connectivity index (χ1v) is 14.2. The fourth-order valence-corrected chi connectivity index (χ4v) is 7.67. The van der Waals surface area contributed by atoms with Gasteiger partial charge in [0, 0.05) is 27.4 Å². The molecule has 2 saturated carbocycles. The molecule has 2 amide bonds. The van der Waals surface area contributed by atoms with E-state index in [0.29, 0.717) is 0 Å². The third-order valence-electron chi connectivity index (χ3n) is 7.80. The number of nitro groups is 1. The van der Waals surface area contributed by atoms with Gasteiger partial charge in [-0.2, -0.15) is 0 Å². The Balaban J connectivity index is 1.15. The lowest BCUT2D eigenvalue weighted by Crippen LogP contribution is -2.45. The highest BCUT2D eigenvalue weighted by Crippen LogP contribution is 2.60. The second-order valence-corrected chi connectivity index (χ2v) is 12.1. The van der Waals surface area contributed by atoms with Gasteiger partial charge in [0.25, 0.3) is 5.69 Å². The molecule has 5 rings (SSSR count). The number of hydrogen-bond donors (Lipinski definition) is 0. The van der Waals surface area contributed by atoms with E-state index in [1.54, 1.807) is 0 Å². The van der Waals surface area contributed by atoms with E-state index in [4.69, 9.17) is 9.47 Å². The van der Waals surface area contributed by atoms with Crippen LogP contribution in [0.25, 0.3) is 0 Å². The molecular formula is C27H22Br2N2O9. The number of nitro benzene ring substituents is 1. The molecule has 3 fully saturated rings. The molecule has 2 aliphatic carbocycles. The van der Waals surface area contributed by atoms with Gasteiger partial charge in [-0.15, -0.1) is 0 Å². The zero-order valence-electron chi connectivity index (χ0n) is 20.9. The lowest BCUT2D eigenvalue weighted by atomic mass is 9.81. The van der Waals surface area contributed by atoms with E-state index in [1.807, 2.05) is 0 Å². The molecule has 1 saturated heterocycles. The van der Waals surface area contributed by atoms with Crippen molar-refractivity contribution in [3.63, 3.8) is 0 Å². The third-order valence-corrected chi connectivity index (χ3v) is 11.0. The summed E-state index contributed by atoms with van der Waals surface area (Å²) in [6.45, 7) is 0.809.